The smallest absolute Gasteiger partial charge is 0.250 e. The van der Waals surface area contributed by atoms with E-state index in [0.29, 0.717) is 25.3 Å². The van der Waals surface area contributed by atoms with Crippen LogP contribution in [0.1, 0.15) is 31.0 Å². The van der Waals surface area contributed by atoms with Crippen molar-refractivity contribution in [3.63, 3.8) is 0 Å². The average molecular weight is 385 g/mol. The molecular formula is C20H24FN5O2. The van der Waals surface area contributed by atoms with Crippen LogP contribution in [0.4, 0.5) is 4.39 Å². The van der Waals surface area contributed by atoms with E-state index in [1.807, 2.05) is 17.1 Å². The van der Waals surface area contributed by atoms with Crippen molar-refractivity contribution in [2.75, 3.05) is 20.3 Å². The second kappa shape index (κ2) is 8.10. The molecule has 0 N–H and O–H groups in total. The maximum absolute atomic E-state index is 14.2. The fraction of sp³-hybridized carbons (Fsp3) is 0.450. The molecule has 0 radical (unpaired) electrons. The number of hydrogen-bond donors (Lipinski definition) is 0. The van der Waals surface area contributed by atoms with Crippen LogP contribution >= 0.6 is 0 Å². The molecule has 0 fully saturated rings. The molecule has 3 aromatic heterocycles. The number of methoxy groups -OCH3 is 1. The highest BCUT2D eigenvalue weighted by molar-refractivity contribution is 5.64. The van der Waals surface area contributed by atoms with Gasteiger partial charge in [0.05, 0.1) is 49.8 Å². The lowest BCUT2D eigenvalue weighted by Gasteiger charge is -2.08. The Labute approximate surface area is 163 Å². The number of nitrogens with zero attached hydrogens (tertiary/aromatic N) is 5. The van der Waals surface area contributed by atoms with E-state index in [-0.39, 0.29) is 5.88 Å². The molecule has 0 unspecified atom stereocenters. The molecule has 0 aliphatic carbocycles. The number of rotatable bonds is 6. The number of unbranched alkanes of at least 4 members (excludes halogenated alkanes) is 1. The Kier molecular flexibility index (Phi) is 5.38. The first-order valence-electron chi connectivity index (χ1n) is 9.62. The molecule has 148 valence electrons. The van der Waals surface area contributed by atoms with Crippen molar-refractivity contribution in [3.8, 4) is 22.8 Å². The molecule has 4 heterocycles. The van der Waals surface area contributed by atoms with Gasteiger partial charge in [0.25, 0.3) is 0 Å². The number of aryl methyl sites for hydroxylation is 1. The minimum Gasteiger partial charge on any atom is -0.479 e. The topological polar surface area (TPSA) is 67.0 Å². The van der Waals surface area contributed by atoms with E-state index in [1.165, 1.54) is 13.2 Å². The third-order valence-electron chi connectivity index (χ3n) is 4.95. The zero-order valence-electron chi connectivity index (χ0n) is 16.2. The van der Waals surface area contributed by atoms with Gasteiger partial charge in [-0.15, -0.1) is 0 Å². The summed E-state index contributed by atoms with van der Waals surface area (Å²) in [6.45, 7) is 4.30. The third kappa shape index (κ3) is 3.52. The van der Waals surface area contributed by atoms with Gasteiger partial charge in [0, 0.05) is 36.4 Å². The van der Waals surface area contributed by atoms with Crippen molar-refractivity contribution in [1.82, 2.24) is 24.5 Å². The van der Waals surface area contributed by atoms with Gasteiger partial charge in [-0.25, -0.2) is 14.1 Å². The lowest BCUT2D eigenvalue weighted by molar-refractivity contribution is 0.145. The molecule has 4 rings (SSSR count). The number of pyridine rings is 1. The predicted molar refractivity (Wildman–Crippen MR) is 102 cm³/mol. The van der Waals surface area contributed by atoms with Crippen LogP contribution in [-0.2, 0) is 24.1 Å². The molecule has 1 aliphatic rings. The fourth-order valence-electron chi connectivity index (χ4n) is 3.50. The van der Waals surface area contributed by atoms with Crippen molar-refractivity contribution in [3.05, 3.63) is 41.7 Å². The van der Waals surface area contributed by atoms with Crippen LogP contribution in [0.25, 0.3) is 16.9 Å². The molecule has 0 atom stereocenters. The Morgan fingerprint density at radius 2 is 2.11 bits per heavy atom. The summed E-state index contributed by atoms with van der Waals surface area (Å²) >= 11 is 0. The zero-order chi connectivity index (χ0) is 19.5. The van der Waals surface area contributed by atoms with Gasteiger partial charge in [-0.05, 0) is 12.8 Å². The predicted octanol–water partition coefficient (Wildman–Crippen LogP) is 3.19. The molecule has 8 heteroatoms. The van der Waals surface area contributed by atoms with Crippen molar-refractivity contribution in [2.45, 2.75) is 39.2 Å². The van der Waals surface area contributed by atoms with E-state index in [9.17, 15) is 4.39 Å². The Bertz CT molecular complexity index is 966. The summed E-state index contributed by atoms with van der Waals surface area (Å²) in [6.07, 6.45) is 9.12. The zero-order valence-corrected chi connectivity index (χ0v) is 16.2. The first-order chi connectivity index (χ1) is 13.7. The Morgan fingerprint density at radius 1 is 1.25 bits per heavy atom. The second-order valence-electron chi connectivity index (χ2n) is 6.83. The first-order valence-corrected chi connectivity index (χ1v) is 9.62. The molecule has 0 saturated heterocycles. The summed E-state index contributed by atoms with van der Waals surface area (Å²) in [4.78, 5) is 4.06. The largest absolute Gasteiger partial charge is 0.479 e. The number of hydrogen-bond acceptors (Lipinski definition) is 5. The van der Waals surface area contributed by atoms with Gasteiger partial charge >= 0.3 is 0 Å². The third-order valence-corrected chi connectivity index (χ3v) is 4.95. The van der Waals surface area contributed by atoms with Crippen LogP contribution in [0.5, 0.6) is 5.88 Å². The van der Waals surface area contributed by atoms with Gasteiger partial charge in [-0.2, -0.15) is 10.2 Å². The highest BCUT2D eigenvalue weighted by Crippen LogP contribution is 2.30. The molecule has 3 aromatic rings. The minimum atomic E-state index is -0.511. The van der Waals surface area contributed by atoms with E-state index >= 15 is 0 Å². The molecule has 0 saturated carbocycles. The van der Waals surface area contributed by atoms with Crippen molar-refractivity contribution >= 4 is 0 Å². The van der Waals surface area contributed by atoms with Crippen LogP contribution in [-0.4, -0.2) is 44.9 Å². The minimum absolute atomic E-state index is 0.0252. The van der Waals surface area contributed by atoms with Gasteiger partial charge in [-0.1, -0.05) is 13.3 Å². The van der Waals surface area contributed by atoms with Gasteiger partial charge < -0.3 is 9.47 Å². The summed E-state index contributed by atoms with van der Waals surface area (Å²) < 4.78 is 28.6. The van der Waals surface area contributed by atoms with Gasteiger partial charge in [-0.3, -0.25) is 4.68 Å². The summed E-state index contributed by atoms with van der Waals surface area (Å²) in [5, 5.41) is 9.29. The summed E-state index contributed by atoms with van der Waals surface area (Å²) in [7, 11) is 1.40. The molecule has 0 aromatic carbocycles. The molecule has 0 amide bonds. The van der Waals surface area contributed by atoms with Crippen LogP contribution < -0.4 is 4.74 Å². The van der Waals surface area contributed by atoms with Crippen LogP contribution in [0, 0.1) is 5.82 Å². The van der Waals surface area contributed by atoms with Gasteiger partial charge in [0.15, 0.2) is 5.82 Å². The van der Waals surface area contributed by atoms with Gasteiger partial charge in [0.1, 0.15) is 0 Å². The lowest BCUT2D eigenvalue weighted by atomic mass is 10.1. The molecule has 0 bridgehead atoms. The van der Waals surface area contributed by atoms with Crippen LogP contribution in [0.3, 0.4) is 0 Å². The quantitative estimate of drug-likeness (QED) is 0.652. The Morgan fingerprint density at radius 3 is 2.89 bits per heavy atom. The Hall–Kier alpha value is -2.74. The van der Waals surface area contributed by atoms with E-state index in [2.05, 4.69) is 17.0 Å². The fourth-order valence-corrected chi connectivity index (χ4v) is 3.50. The van der Waals surface area contributed by atoms with E-state index < -0.39 is 5.82 Å². The Balaban J connectivity index is 1.78. The average Bonchev–Trinajstić information content (AvgIpc) is 3.23. The van der Waals surface area contributed by atoms with Crippen molar-refractivity contribution in [1.29, 1.82) is 0 Å². The molecule has 7 nitrogen and oxygen atoms in total. The van der Waals surface area contributed by atoms with Crippen LogP contribution in [0.15, 0.2) is 24.7 Å². The standard InChI is InChI=1S/C20H24FN5O2/c1-3-4-7-25-13-14(11-23-25)19-16-5-8-28-9-6-18(16)26(24-19)15-10-17(21)20(27-2)22-12-15/h10-13H,3-9H2,1-2H3. The number of halogens is 1. The number of fused-ring (bicyclic) bond motifs is 1. The highest BCUT2D eigenvalue weighted by Gasteiger charge is 2.23. The second-order valence-corrected chi connectivity index (χ2v) is 6.83. The van der Waals surface area contributed by atoms with Gasteiger partial charge in [0.2, 0.25) is 5.88 Å². The van der Waals surface area contributed by atoms with E-state index in [0.717, 1.165) is 48.3 Å². The molecule has 28 heavy (non-hydrogen) atoms. The summed E-state index contributed by atoms with van der Waals surface area (Å²) in [5.74, 6) is -0.536. The van der Waals surface area contributed by atoms with Crippen molar-refractivity contribution < 1.29 is 13.9 Å². The molecule has 1 aliphatic heterocycles. The van der Waals surface area contributed by atoms with Crippen molar-refractivity contribution in [2.24, 2.45) is 0 Å². The summed E-state index contributed by atoms with van der Waals surface area (Å²) in [6, 6.07) is 1.40. The maximum atomic E-state index is 14.2. The SMILES string of the molecule is CCCCn1cc(-c2nn(-c3cnc(OC)c(F)c3)c3c2CCOCC3)cn1. The maximum Gasteiger partial charge on any atom is 0.250 e. The normalized spacial score (nSPS) is 14.0. The number of ether oxygens (including phenoxy) is 2. The van der Waals surface area contributed by atoms with E-state index in [4.69, 9.17) is 14.6 Å². The lowest BCUT2D eigenvalue weighted by Crippen LogP contribution is -2.06. The first kappa shape index (κ1) is 18.6. The highest BCUT2D eigenvalue weighted by atomic mass is 19.1. The molecular weight excluding hydrogens is 361 g/mol. The number of aromatic nitrogens is 5. The summed E-state index contributed by atoms with van der Waals surface area (Å²) in [5.41, 5.74) is 4.57. The van der Waals surface area contributed by atoms with E-state index in [1.54, 1.807) is 10.9 Å². The van der Waals surface area contributed by atoms with Crippen LogP contribution in [0.2, 0.25) is 0 Å². The monoisotopic (exact) mass is 385 g/mol. The molecule has 0 spiro atoms.